The standard InChI is InChI=1S/C19H19N3O2/c1-15(23)24-19(17-10-6-3-7-11-17)18(14-22-13-12-20-21-22)16-8-4-2-5-9-16/h2-13,18-19H,14H2,1H3/t18-,19-/m0/s1. The first-order valence-corrected chi connectivity index (χ1v) is 7.85. The number of carbonyl (C=O) groups is 1. The van der Waals surface area contributed by atoms with Gasteiger partial charge < -0.3 is 4.74 Å². The van der Waals surface area contributed by atoms with Crippen molar-refractivity contribution in [3.05, 3.63) is 84.2 Å². The van der Waals surface area contributed by atoms with Crippen molar-refractivity contribution in [3.8, 4) is 0 Å². The van der Waals surface area contributed by atoms with Gasteiger partial charge in [-0.25, -0.2) is 0 Å². The summed E-state index contributed by atoms with van der Waals surface area (Å²) >= 11 is 0. The van der Waals surface area contributed by atoms with Gasteiger partial charge in [-0.05, 0) is 11.1 Å². The number of carbonyl (C=O) groups excluding carboxylic acids is 1. The molecule has 0 saturated heterocycles. The molecule has 1 heterocycles. The molecule has 0 aliphatic heterocycles. The van der Waals surface area contributed by atoms with Crippen molar-refractivity contribution >= 4 is 5.97 Å². The largest absolute Gasteiger partial charge is 0.457 e. The molecule has 122 valence electrons. The number of esters is 1. The number of ether oxygens (including phenoxy) is 1. The van der Waals surface area contributed by atoms with Crippen LogP contribution in [0, 0.1) is 0 Å². The molecule has 0 unspecified atom stereocenters. The molecular weight excluding hydrogens is 302 g/mol. The molecule has 0 aliphatic carbocycles. The molecule has 0 bridgehead atoms. The Balaban J connectivity index is 2.01. The lowest BCUT2D eigenvalue weighted by Crippen LogP contribution is -2.22. The molecule has 2 aromatic carbocycles. The molecule has 1 aromatic heterocycles. The molecule has 0 N–H and O–H groups in total. The zero-order valence-corrected chi connectivity index (χ0v) is 13.4. The maximum absolute atomic E-state index is 11.7. The molecule has 0 spiro atoms. The Morgan fingerprint density at radius 2 is 1.67 bits per heavy atom. The summed E-state index contributed by atoms with van der Waals surface area (Å²) in [5.41, 5.74) is 2.05. The van der Waals surface area contributed by atoms with Crippen molar-refractivity contribution in [1.82, 2.24) is 15.0 Å². The number of aromatic nitrogens is 3. The van der Waals surface area contributed by atoms with Crippen molar-refractivity contribution in [1.29, 1.82) is 0 Å². The van der Waals surface area contributed by atoms with Gasteiger partial charge in [0.1, 0.15) is 6.10 Å². The second-order valence-corrected chi connectivity index (χ2v) is 5.58. The summed E-state index contributed by atoms with van der Waals surface area (Å²) < 4.78 is 7.46. The van der Waals surface area contributed by atoms with Gasteiger partial charge >= 0.3 is 5.97 Å². The predicted molar refractivity (Wildman–Crippen MR) is 90.2 cm³/mol. The highest BCUT2D eigenvalue weighted by Gasteiger charge is 2.28. The van der Waals surface area contributed by atoms with Crippen LogP contribution in [0.15, 0.2) is 73.1 Å². The van der Waals surface area contributed by atoms with Crippen LogP contribution in [0.1, 0.15) is 30.1 Å². The molecule has 0 radical (unpaired) electrons. The number of benzene rings is 2. The summed E-state index contributed by atoms with van der Waals surface area (Å²) in [4.78, 5) is 11.7. The fourth-order valence-corrected chi connectivity index (χ4v) is 2.81. The lowest BCUT2D eigenvalue weighted by atomic mass is 9.89. The first-order valence-electron chi connectivity index (χ1n) is 7.85. The second kappa shape index (κ2) is 7.55. The fourth-order valence-electron chi connectivity index (χ4n) is 2.81. The van der Waals surface area contributed by atoms with Crippen LogP contribution < -0.4 is 0 Å². The highest BCUT2D eigenvalue weighted by molar-refractivity contribution is 5.66. The van der Waals surface area contributed by atoms with Crippen molar-refractivity contribution in [2.75, 3.05) is 0 Å². The van der Waals surface area contributed by atoms with Crippen molar-refractivity contribution in [2.45, 2.75) is 25.5 Å². The Hall–Kier alpha value is -2.95. The summed E-state index contributed by atoms with van der Waals surface area (Å²) in [5, 5.41) is 7.93. The smallest absolute Gasteiger partial charge is 0.303 e. The van der Waals surface area contributed by atoms with Gasteiger partial charge in [0.2, 0.25) is 0 Å². The molecule has 5 heteroatoms. The molecule has 0 saturated carbocycles. The maximum Gasteiger partial charge on any atom is 0.303 e. The van der Waals surface area contributed by atoms with Crippen LogP contribution in [0.4, 0.5) is 0 Å². The zero-order chi connectivity index (χ0) is 16.8. The SMILES string of the molecule is CC(=O)O[C@@H](c1ccccc1)[C@@H](Cn1ccnn1)c1ccccc1. The van der Waals surface area contributed by atoms with Crippen molar-refractivity contribution in [2.24, 2.45) is 0 Å². The first-order chi connectivity index (χ1) is 11.7. The lowest BCUT2D eigenvalue weighted by Gasteiger charge is -2.27. The molecule has 0 amide bonds. The Labute approximate surface area is 140 Å². The number of hydrogen-bond donors (Lipinski definition) is 0. The van der Waals surface area contributed by atoms with E-state index in [0.717, 1.165) is 11.1 Å². The average Bonchev–Trinajstić information content (AvgIpc) is 3.12. The van der Waals surface area contributed by atoms with Crippen LogP contribution in [0.25, 0.3) is 0 Å². The Morgan fingerprint density at radius 3 is 2.21 bits per heavy atom. The normalized spacial score (nSPS) is 13.2. The zero-order valence-electron chi connectivity index (χ0n) is 13.4. The van der Waals surface area contributed by atoms with E-state index in [-0.39, 0.29) is 11.9 Å². The third-order valence-electron chi connectivity index (χ3n) is 3.87. The molecule has 3 rings (SSSR count). The van der Waals surface area contributed by atoms with E-state index in [9.17, 15) is 4.79 Å². The van der Waals surface area contributed by atoms with E-state index in [4.69, 9.17) is 4.74 Å². The van der Waals surface area contributed by atoms with Gasteiger partial charge in [0.05, 0.1) is 12.7 Å². The highest BCUT2D eigenvalue weighted by Crippen LogP contribution is 2.35. The maximum atomic E-state index is 11.7. The fraction of sp³-hybridized carbons (Fsp3) is 0.211. The van der Waals surface area contributed by atoms with E-state index in [2.05, 4.69) is 10.3 Å². The van der Waals surface area contributed by atoms with Crippen LogP contribution in [-0.2, 0) is 16.1 Å². The lowest BCUT2D eigenvalue weighted by molar-refractivity contribution is -0.148. The quantitative estimate of drug-likeness (QED) is 0.653. The minimum Gasteiger partial charge on any atom is -0.457 e. The monoisotopic (exact) mass is 321 g/mol. The highest BCUT2D eigenvalue weighted by atomic mass is 16.5. The summed E-state index contributed by atoms with van der Waals surface area (Å²) in [6.45, 7) is 2.00. The number of nitrogens with zero attached hydrogens (tertiary/aromatic N) is 3. The predicted octanol–water partition coefficient (Wildman–Crippen LogP) is 3.37. The van der Waals surface area contributed by atoms with E-state index in [1.807, 2.05) is 66.9 Å². The van der Waals surface area contributed by atoms with Crippen LogP contribution in [0.3, 0.4) is 0 Å². The van der Waals surface area contributed by atoms with Gasteiger partial charge in [-0.1, -0.05) is 65.9 Å². The number of hydrogen-bond acceptors (Lipinski definition) is 4. The second-order valence-electron chi connectivity index (χ2n) is 5.58. The van der Waals surface area contributed by atoms with E-state index < -0.39 is 6.10 Å². The third-order valence-corrected chi connectivity index (χ3v) is 3.87. The molecule has 0 aliphatic rings. The van der Waals surface area contributed by atoms with Crippen molar-refractivity contribution < 1.29 is 9.53 Å². The molecule has 2 atom stereocenters. The van der Waals surface area contributed by atoms with Crippen LogP contribution in [0.2, 0.25) is 0 Å². The minimum absolute atomic E-state index is 0.0702. The first kappa shape index (κ1) is 15.9. The van der Waals surface area contributed by atoms with Crippen LogP contribution in [-0.4, -0.2) is 21.0 Å². The molecule has 3 aromatic rings. The van der Waals surface area contributed by atoms with Gasteiger partial charge in [-0.2, -0.15) is 0 Å². The Morgan fingerprint density at radius 1 is 1.04 bits per heavy atom. The van der Waals surface area contributed by atoms with E-state index >= 15 is 0 Å². The van der Waals surface area contributed by atoms with Gasteiger partial charge in [-0.3, -0.25) is 9.48 Å². The van der Waals surface area contributed by atoms with Gasteiger partial charge in [0, 0.05) is 19.0 Å². The molecular formula is C19H19N3O2. The van der Waals surface area contributed by atoms with E-state index in [1.165, 1.54) is 6.92 Å². The van der Waals surface area contributed by atoms with Gasteiger partial charge in [0.25, 0.3) is 0 Å². The topological polar surface area (TPSA) is 57.0 Å². The van der Waals surface area contributed by atoms with Crippen molar-refractivity contribution in [3.63, 3.8) is 0 Å². The molecule has 5 nitrogen and oxygen atoms in total. The Kier molecular flexibility index (Phi) is 5.01. The molecule has 24 heavy (non-hydrogen) atoms. The van der Waals surface area contributed by atoms with E-state index in [0.29, 0.717) is 6.54 Å². The third kappa shape index (κ3) is 3.87. The summed E-state index contributed by atoms with van der Waals surface area (Å²) in [6, 6.07) is 19.8. The summed E-state index contributed by atoms with van der Waals surface area (Å²) in [6.07, 6.45) is 3.06. The van der Waals surface area contributed by atoms with Gasteiger partial charge in [-0.15, -0.1) is 5.10 Å². The van der Waals surface area contributed by atoms with Crippen LogP contribution in [0.5, 0.6) is 0 Å². The minimum atomic E-state index is -0.393. The Bertz CT molecular complexity index is 758. The van der Waals surface area contributed by atoms with E-state index in [1.54, 1.807) is 10.9 Å². The molecule has 0 fully saturated rings. The average molecular weight is 321 g/mol. The van der Waals surface area contributed by atoms with Gasteiger partial charge in [0.15, 0.2) is 0 Å². The summed E-state index contributed by atoms with van der Waals surface area (Å²) in [5.74, 6) is -0.373. The van der Waals surface area contributed by atoms with Crippen LogP contribution >= 0.6 is 0 Å². The number of rotatable bonds is 6. The summed E-state index contributed by atoms with van der Waals surface area (Å²) in [7, 11) is 0.